The molecule has 52 heavy (non-hydrogen) atoms. The van der Waals surface area contributed by atoms with Crippen molar-refractivity contribution in [3.05, 3.63) is 144 Å². The van der Waals surface area contributed by atoms with Crippen LogP contribution >= 0.6 is 0 Å². The van der Waals surface area contributed by atoms with Crippen LogP contribution in [-0.2, 0) is 50.1 Å². The predicted octanol–water partition coefficient (Wildman–Crippen LogP) is 11.1. The Morgan fingerprint density at radius 2 is 0.827 bits per heavy atom. The molecule has 4 aromatic carbocycles. The standard InChI is InChI=1S/C34H35O5.3C4H9.Sn/c1-5-13-27(14-6-1)21-35-25-31-33(38-23-29-17-9-3-10-18-29)34(39-24-30-19-11-4-12-20-30)32(26-37-31)36-22-28-15-7-2-8-16-28;3*1-3-4-2;/h1-20,26,31-34H,21-25H2;3*1,3-4H2,2H3;/t31-,32+,33-,34-;;;;/m1..../s1. The summed E-state index contributed by atoms with van der Waals surface area (Å²) in [5.74, 6) is 0. The molecule has 5 rings (SSSR count). The van der Waals surface area contributed by atoms with Gasteiger partial charge in [0.25, 0.3) is 0 Å². The molecule has 1 aliphatic rings. The molecule has 0 N–H and O–H groups in total. The van der Waals surface area contributed by atoms with Crippen molar-refractivity contribution in [3.8, 4) is 0 Å². The number of ether oxygens (including phenoxy) is 5. The zero-order chi connectivity index (χ0) is 36.3. The van der Waals surface area contributed by atoms with Gasteiger partial charge in [-0.15, -0.1) is 0 Å². The Balaban J connectivity index is 1.57. The van der Waals surface area contributed by atoms with Crippen LogP contribution in [0.3, 0.4) is 0 Å². The van der Waals surface area contributed by atoms with Gasteiger partial charge in [-0.1, -0.05) is 0 Å². The summed E-state index contributed by atoms with van der Waals surface area (Å²) in [7, 11) is 0. The summed E-state index contributed by atoms with van der Waals surface area (Å²) in [4.78, 5) is 0. The molecule has 1 heterocycles. The van der Waals surface area contributed by atoms with Crippen LogP contribution in [0.25, 0.3) is 0 Å². The van der Waals surface area contributed by atoms with Crippen molar-refractivity contribution in [3.63, 3.8) is 0 Å². The fourth-order valence-electron chi connectivity index (χ4n) is 7.67. The molecule has 1 saturated heterocycles. The predicted molar refractivity (Wildman–Crippen MR) is 215 cm³/mol. The minimum absolute atomic E-state index is 0.0188. The molecule has 0 amide bonds. The van der Waals surface area contributed by atoms with E-state index in [1.54, 1.807) is 0 Å². The average molecular weight is 814 g/mol. The monoisotopic (exact) mass is 814 g/mol. The Morgan fingerprint density at radius 3 is 1.23 bits per heavy atom. The number of rotatable bonds is 23. The van der Waals surface area contributed by atoms with Gasteiger partial charge in [0.05, 0.1) is 0 Å². The first kappa shape index (κ1) is 40.7. The van der Waals surface area contributed by atoms with Crippen molar-refractivity contribution in [2.75, 3.05) is 6.61 Å². The topological polar surface area (TPSA) is 46.2 Å². The van der Waals surface area contributed by atoms with Crippen LogP contribution in [0.2, 0.25) is 13.3 Å². The van der Waals surface area contributed by atoms with Gasteiger partial charge in [-0.25, -0.2) is 0 Å². The Kier molecular flexibility index (Phi) is 17.7. The number of unbranched alkanes of at least 4 members (excludes halogenated alkanes) is 3. The zero-order valence-electron chi connectivity index (χ0n) is 31.9. The summed E-state index contributed by atoms with van der Waals surface area (Å²) in [6, 6.07) is 41.9. The van der Waals surface area contributed by atoms with E-state index in [2.05, 4.69) is 130 Å². The van der Waals surface area contributed by atoms with Gasteiger partial charge in [0.15, 0.2) is 0 Å². The summed E-state index contributed by atoms with van der Waals surface area (Å²) < 4.78 is 39.4. The first-order chi connectivity index (χ1) is 25.7. The van der Waals surface area contributed by atoms with Crippen LogP contribution in [0.5, 0.6) is 0 Å². The summed E-state index contributed by atoms with van der Waals surface area (Å²) in [6.45, 7) is 9.40. The molecule has 5 atom stereocenters. The van der Waals surface area contributed by atoms with Crippen molar-refractivity contribution in [1.29, 1.82) is 0 Å². The van der Waals surface area contributed by atoms with E-state index in [4.69, 9.17) is 23.7 Å². The van der Waals surface area contributed by atoms with E-state index in [0.717, 1.165) is 22.3 Å². The molecule has 1 aliphatic heterocycles. The van der Waals surface area contributed by atoms with E-state index in [1.165, 1.54) is 51.8 Å². The Labute approximate surface area is 318 Å². The average Bonchev–Trinajstić information content (AvgIpc) is 3.20. The molecule has 5 nitrogen and oxygen atoms in total. The van der Waals surface area contributed by atoms with E-state index < -0.39 is 18.4 Å². The second-order valence-electron chi connectivity index (χ2n) is 14.6. The maximum absolute atomic E-state index is 7.60. The van der Waals surface area contributed by atoms with E-state index in [1.807, 2.05) is 12.1 Å². The SMILES string of the molecule is CCC[CH2][Sn]([CH2]CCC)([CH2]CCC)[C@H]1O[C@H](COCc2ccccc2)[C@@H](OCc2ccccc2)[C@H](OCc2ccccc2)[C@H]1OCc1ccccc1. The fraction of sp³-hybridized carbons (Fsp3) is 0.478. The molecular formula is C46H62O5Sn. The van der Waals surface area contributed by atoms with Crippen LogP contribution in [0.1, 0.15) is 81.5 Å². The number of hydrogen-bond acceptors (Lipinski definition) is 5. The Bertz CT molecular complexity index is 1470. The Hall–Kier alpha value is -2.52. The normalized spacial score (nSPS) is 20.6. The van der Waals surface area contributed by atoms with Gasteiger partial charge in [0, 0.05) is 0 Å². The van der Waals surface area contributed by atoms with Gasteiger partial charge in [0.2, 0.25) is 0 Å². The number of benzene rings is 4. The molecule has 0 spiro atoms. The zero-order valence-corrected chi connectivity index (χ0v) is 34.7. The molecule has 0 bridgehead atoms. The van der Waals surface area contributed by atoms with Gasteiger partial charge in [-0.3, -0.25) is 0 Å². The van der Waals surface area contributed by atoms with Crippen LogP contribution in [-0.4, -0.2) is 53.5 Å². The fourth-order valence-corrected chi connectivity index (χ4v) is 25.4. The van der Waals surface area contributed by atoms with Crippen LogP contribution in [0, 0.1) is 0 Å². The first-order valence-electron chi connectivity index (χ1n) is 19.9. The molecule has 280 valence electrons. The van der Waals surface area contributed by atoms with E-state index in [9.17, 15) is 0 Å². The van der Waals surface area contributed by atoms with Gasteiger partial charge in [0.1, 0.15) is 0 Å². The van der Waals surface area contributed by atoms with Gasteiger partial charge in [-0.05, 0) is 0 Å². The van der Waals surface area contributed by atoms with Crippen molar-refractivity contribution >= 4 is 18.4 Å². The summed E-state index contributed by atoms with van der Waals surface area (Å²) in [5.41, 5.74) is 4.58. The van der Waals surface area contributed by atoms with Gasteiger partial charge < -0.3 is 0 Å². The summed E-state index contributed by atoms with van der Waals surface area (Å²) >= 11 is -3.15. The molecule has 1 fully saturated rings. The quantitative estimate of drug-likeness (QED) is 0.0698. The summed E-state index contributed by atoms with van der Waals surface area (Å²) in [5, 5.41) is 0. The molecule has 0 radical (unpaired) electrons. The van der Waals surface area contributed by atoms with E-state index in [0.29, 0.717) is 33.0 Å². The maximum atomic E-state index is 7.60. The third-order valence-electron chi connectivity index (χ3n) is 10.6. The third kappa shape index (κ3) is 12.3. The van der Waals surface area contributed by atoms with Crippen molar-refractivity contribution < 1.29 is 23.7 Å². The van der Waals surface area contributed by atoms with Crippen molar-refractivity contribution in [1.82, 2.24) is 0 Å². The first-order valence-corrected chi connectivity index (χ1v) is 27.6. The van der Waals surface area contributed by atoms with Gasteiger partial charge in [-0.2, -0.15) is 0 Å². The molecular weight excluding hydrogens is 751 g/mol. The summed E-state index contributed by atoms with van der Waals surface area (Å²) in [6.07, 6.45) is 6.04. The molecule has 0 saturated carbocycles. The van der Waals surface area contributed by atoms with E-state index >= 15 is 0 Å². The van der Waals surface area contributed by atoms with Crippen molar-refractivity contribution in [2.45, 2.75) is 128 Å². The van der Waals surface area contributed by atoms with Crippen molar-refractivity contribution in [2.24, 2.45) is 0 Å². The number of hydrogen-bond donors (Lipinski definition) is 0. The second kappa shape index (κ2) is 22.6. The third-order valence-corrected chi connectivity index (χ3v) is 26.9. The minimum atomic E-state index is -3.15. The Morgan fingerprint density at radius 1 is 0.462 bits per heavy atom. The molecule has 6 heteroatoms. The second-order valence-corrected chi connectivity index (χ2v) is 28.2. The van der Waals surface area contributed by atoms with Crippen LogP contribution in [0.4, 0.5) is 0 Å². The van der Waals surface area contributed by atoms with Gasteiger partial charge >= 0.3 is 320 Å². The molecule has 4 aromatic rings. The molecule has 0 unspecified atom stereocenters. The van der Waals surface area contributed by atoms with Crippen LogP contribution < -0.4 is 0 Å². The molecule has 0 aliphatic carbocycles. The molecule has 0 aromatic heterocycles. The van der Waals surface area contributed by atoms with Crippen LogP contribution in [0.15, 0.2) is 121 Å². The van der Waals surface area contributed by atoms with E-state index in [-0.39, 0.29) is 28.5 Å².